The first-order valence-corrected chi connectivity index (χ1v) is 8.34. The van der Waals surface area contributed by atoms with E-state index in [2.05, 4.69) is 10.3 Å². The largest absolute Gasteiger partial charge is 0.368 e. The zero-order valence-electron chi connectivity index (χ0n) is 13.7. The molecular formula is C16H21FN6O2. The number of nitrogens with two attached hydrogens (primary N) is 1. The van der Waals surface area contributed by atoms with E-state index >= 15 is 0 Å². The highest BCUT2D eigenvalue weighted by molar-refractivity contribution is 5.58. The lowest BCUT2D eigenvalue weighted by Gasteiger charge is -2.23. The molecule has 3 atom stereocenters. The molecule has 1 unspecified atom stereocenters. The van der Waals surface area contributed by atoms with E-state index in [1.165, 1.54) is 6.07 Å². The predicted molar refractivity (Wildman–Crippen MR) is 89.5 cm³/mol. The van der Waals surface area contributed by atoms with E-state index in [0.717, 1.165) is 13.0 Å². The van der Waals surface area contributed by atoms with Crippen LogP contribution in [0.25, 0.3) is 0 Å². The van der Waals surface area contributed by atoms with Gasteiger partial charge in [-0.15, -0.1) is 5.10 Å². The molecule has 0 amide bonds. The Morgan fingerprint density at radius 1 is 1.36 bits per heavy atom. The van der Waals surface area contributed by atoms with Crippen LogP contribution in [0.4, 0.5) is 15.8 Å². The molecule has 8 nitrogen and oxygen atoms in total. The van der Waals surface area contributed by atoms with Crippen LogP contribution < -0.4 is 15.5 Å². The van der Waals surface area contributed by atoms with Crippen LogP contribution in [-0.4, -0.2) is 58.3 Å². The standard InChI is InChI=1S/C16H21FN6O2/c17-14-7-12(1-2-15(14)21-5-3-11(18)8-21)23-10-13(25-16(23)24)9-22-6-4-19-20-22/h1-2,4,6-7,11,13,16,24H,3,5,8-10,18H2/t11-,13-,16?/m0/s1. The van der Waals surface area contributed by atoms with Gasteiger partial charge in [-0.05, 0) is 24.6 Å². The number of aromatic nitrogens is 3. The topological polar surface area (TPSA) is 92.7 Å². The van der Waals surface area contributed by atoms with Gasteiger partial charge in [-0.2, -0.15) is 0 Å². The van der Waals surface area contributed by atoms with Gasteiger partial charge >= 0.3 is 0 Å². The number of ether oxygens (including phenoxy) is 1. The molecule has 0 radical (unpaired) electrons. The molecule has 2 aliphatic rings. The summed E-state index contributed by atoms with van der Waals surface area (Å²) in [6.45, 7) is 2.33. The monoisotopic (exact) mass is 348 g/mol. The van der Waals surface area contributed by atoms with Gasteiger partial charge in [0.05, 0.1) is 31.1 Å². The molecule has 0 aliphatic carbocycles. The zero-order valence-corrected chi connectivity index (χ0v) is 13.7. The van der Waals surface area contributed by atoms with Crippen LogP contribution in [0.2, 0.25) is 0 Å². The van der Waals surface area contributed by atoms with Crippen LogP contribution in [0.15, 0.2) is 30.6 Å². The Morgan fingerprint density at radius 3 is 2.92 bits per heavy atom. The van der Waals surface area contributed by atoms with Gasteiger partial charge in [0.15, 0.2) is 0 Å². The Kier molecular flexibility index (Phi) is 4.28. The van der Waals surface area contributed by atoms with Crippen molar-refractivity contribution in [3.63, 3.8) is 0 Å². The summed E-state index contributed by atoms with van der Waals surface area (Å²) in [5.74, 6) is -0.321. The van der Waals surface area contributed by atoms with Crippen molar-refractivity contribution in [2.75, 3.05) is 29.4 Å². The van der Waals surface area contributed by atoms with Crippen LogP contribution in [0.3, 0.4) is 0 Å². The maximum Gasteiger partial charge on any atom is 0.238 e. The van der Waals surface area contributed by atoms with Gasteiger partial charge in [0.25, 0.3) is 0 Å². The van der Waals surface area contributed by atoms with Gasteiger partial charge in [0.1, 0.15) is 5.82 Å². The number of anilines is 2. The molecule has 2 aromatic rings. The van der Waals surface area contributed by atoms with Crippen LogP contribution in [0.5, 0.6) is 0 Å². The number of halogens is 1. The Bertz CT molecular complexity index is 727. The number of aliphatic hydroxyl groups excluding tert-OH is 1. The van der Waals surface area contributed by atoms with E-state index in [0.29, 0.717) is 31.0 Å². The highest BCUT2D eigenvalue weighted by Gasteiger charge is 2.32. The summed E-state index contributed by atoms with van der Waals surface area (Å²) in [5, 5.41) is 17.8. The number of hydrogen-bond acceptors (Lipinski definition) is 7. The molecule has 0 saturated carbocycles. The highest BCUT2D eigenvalue weighted by Crippen LogP contribution is 2.30. The lowest BCUT2D eigenvalue weighted by Crippen LogP contribution is -2.30. The third kappa shape index (κ3) is 3.30. The molecule has 0 spiro atoms. The summed E-state index contributed by atoms with van der Waals surface area (Å²) in [6, 6.07) is 5.06. The maximum atomic E-state index is 14.6. The van der Waals surface area contributed by atoms with E-state index in [1.807, 2.05) is 4.90 Å². The van der Waals surface area contributed by atoms with Crippen molar-refractivity contribution in [3.8, 4) is 0 Å². The van der Waals surface area contributed by atoms with Crippen molar-refractivity contribution in [2.45, 2.75) is 31.5 Å². The van der Waals surface area contributed by atoms with Crippen LogP contribution >= 0.6 is 0 Å². The minimum absolute atomic E-state index is 0.0884. The zero-order chi connectivity index (χ0) is 17.4. The third-order valence-electron chi connectivity index (χ3n) is 4.67. The molecule has 1 aromatic heterocycles. The Morgan fingerprint density at radius 2 is 2.24 bits per heavy atom. The first kappa shape index (κ1) is 16.2. The minimum atomic E-state index is -1.11. The number of aliphatic hydroxyl groups is 1. The summed E-state index contributed by atoms with van der Waals surface area (Å²) < 4.78 is 21.7. The fourth-order valence-electron chi connectivity index (χ4n) is 3.41. The average molecular weight is 348 g/mol. The van der Waals surface area contributed by atoms with Gasteiger partial charge in [0.2, 0.25) is 6.41 Å². The van der Waals surface area contributed by atoms with Crippen LogP contribution in [-0.2, 0) is 11.3 Å². The van der Waals surface area contributed by atoms with E-state index in [1.54, 1.807) is 34.1 Å². The van der Waals surface area contributed by atoms with Gasteiger partial charge < -0.3 is 25.4 Å². The molecule has 1 aromatic carbocycles. The van der Waals surface area contributed by atoms with Crippen molar-refractivity contribution in [1.82, 2.24) is 15.0 Å². The molecule has 2 aliphatic heterocycles. The molecule has 134 valence electrons. The molecular weight excluding hydrogens is 327 g/mol. The SMILES string of the molecule is N[C@H]1CCN(c2ccc(N3C[C@H](Cn4ccnn4)OC3O)cc2F)C1. The minimum Gasteiger partial charge on any atom is -0.368 e. The van der Waals surface area contributed by atoms with Gasteiger partial charge in [0, 0.05) is 31.0 Å². The Labute approximate surface area is 144 Å². The molecule has 0 bridgehead atoms. The van der Waals surface area contributed by atoms with E-state index in [4.69, 9.17) is 10.5 Å². The number of hydrogen-bond donors (Lipinski definition) is 2. The Hall–Kier alpha value is -2.23. The van der Waals surface area contributed by atoms with Crippen LogP contribution in [0, 0.1) is 5.82 Å². The fourth-order valence-corrected chi connectivity index (χ4v) is 3.41. The Balaban J connectivity index is 1.47. The van der Waals surface area contributed by atoms with Crippen molar-refractivity contribution in [3.05, 3.63) is 36.4 Å². The summed E-state index contributed by atoms with van der Waals surface area (Å²) in [6.07, 6.45) is 2.81. The number of benzene rings is 1. The average Bonchev–Trinajstić information content (AvgIpc) is 3.30. The van der Waals surface area contributed by atoms with Crippen molar-refractivity contribution >= 4 is 11.4 Å². The molecule has 3 heterocycles. The summed E-state index contributed by atoms with van der Waals surface area (Å²) in [4.78, 5) is 3.58. The van der Waals surface area contributed by atoms with Gasteiger partial charge in [-0.25, -0.2) is 9.07 Å². The second kappa shape index (κ2) is 6.58. The van der Waals surface area contributed by atoms with Crippen LogP contribution in [0.1, 0.15) is 6.42 Å². The summed E-state index contributed by atoms with van der Waals surface area (Å²) in [7, 11) is 0. The quantitative estimate of drug-likeness (QED) is 0.812. The molecule has 2 fully saturated rings. The number of nitrogens with zero attached hydrogens (tertiary/aromatic N) is 5. The molecule has 4 rings (SSSR count). The van der Waals surface area contributed by atoms with E-state index < -0.39 is 6.41 Å². The molecule has 9 heteroatoms. The fraction of sp³-hybridized carbons (Fsp3) is 0.500. The predicted octanol–water partition coefficient (Wildman–Crippen LogP) is 0.136. The van der Waals surface area contributed by atoms with Gasteiger partial charge in [-0.1, -0.05) is 5.21 Å². The molecule has 3 N–H and O–H groups in total. The summed E-state index contributed by atoms with van der Waals surface area (Å²) in [5.41, 5.74) is 7.03. The lowest BCUT2D eigenvalue weighted by atomic mass is 10.2. The molecule has 2 saturated heterocycles. The normalized spacial score (nSPS) is 26.6. The summed E-state index contributed by atoms with van der Waals surface area (Å²) >= 11 is 0. The first-order valence-electron chi connectivity index (χ1n) is 8.34. The van der Waals surface area contributed by atoms with Crippen molar-refractivity contribution in [2.24, 2.45) is 5.73 Å². The molecule has 25 heavy (non-hydrogen) atoms. The first-order chi connectivity index (χ1) is 12.1. The van der Waals surface area contributed by atoms with E-state index in [9.17, 15) is 9.50 Å². The smallest absolute Gasteiger partial charge is 0.238 e. The highest BCUT2D eigenvalue weighted by atomic mass is 19.1. The maximum absolute atomic E-state index is 14.6. The second-order valence-corrected chi connectivity index (χ2v) is 6.49. The third-order valence-corrected chi connectivity index (χ3v) is 4.67. The van der Waals surface area contributed by atoms with E-state index in [-0.39, 0.29) is 18.0 Å². The van der Waals surface area contributed by atoms with Gasteiger partial charge in [-0.3, -0.25) is 0 Å². The second-order valence-electron chi connectivity index (χ2n) is 6.49. The van der Waals surface area contributed by atoms with Crippen molar-refractivity contribution in [1.29, 1.82) is 0 Å². The lowest BCUT2D eigenvalue weighted by molar-refractivity contribution is -0.0924. The van der Waals surface area contributed by atoms with Crippen molar-refractivity contribution < 1.29 is 14.2 Å². The number of rotatable bonds is 4.